The quantitative estimate of drug-likeness (QED) is 0.684. The number of likely N-dealkylation sites (tertiary alicyclic amines) is 1. The highest BCUT2D eigenvalue weighted by Crippen LogP contribution is 2.23. The molecule has 0 atom stereocenters. The van der Waals surface area contributed by atoms with Crippen molar-refractivity contribution in [3.05, 3.63) is 65.7 Å². The molecule has 3 rings (SSSR count). The maximum atomic E-state index is 12.9. The number of carbonyl (C=O) groups is 1. The number of piperidine rings is 1. The average molecular weight is 416 g/mol. The van der Waals surface area contributed by atoms with Gasteiger partial charge in [-0.1, -0.05) is 30.3 Å². The van der Waals surface area contributed by atoms with Crippen molar-refractivity contribution < 1.29 is 4.79 Å². The second-order valence-corrected chi connectivity index (χ2v) is 7.67. The van der Waals surface area contributed by atoms with Crippen LogP contribution >= 0.6 is 12.4 Å². The second kappa shape index (κ2) is 11.8. The molecule has 1 saturated heterocycles. The minimum absolute atomic E-state index is 0. The molecule has 1 aliphatic rings. The van der Waals surface area contributed by atoms with E-state index in [1.807, 2.05) is 30.1 Å². The number of rotatable bonds is 8. The zero-order valence-electron chi connectivity index (χ0n) is 17.6. The number of amides is 1. The fraction of sp³-hybridized carbons (Fsp3) is 0.458. The van der Waals surface area contributed by atoms with Crippen molar-refractivity contribution >= 4 is 24.0 Å². The minimum Gasteiger partial charge on any atom is -0.367 e. The monoisotopic (exact) mass is 415 g/mol. The van der Waals surface area contributed by atoms with Crippen LogP contribution in [0.5, 0.6) is 0 Å². The lowest BCUT2D eigenvalue weighted by molar-refractivity contribution is 0.0687. The van der Waals surface area contributed by atoms with Crippen molar-refractivity contribution in [1.29, 1.82) is 0 Å². The molecule has 2 aromatic carbocycles. The van der Waals surface area contributed by atoms with Crippen LogP contribution in [0.3, 0.4) is 0 Å². The van der Waals surface area contributed by atoms with Crippen LogP contribution in [0.15, 0.2) is 54.6 Å². The molecule has 1 aliphatic heterocycles. The lowest BCUT2D eigenvalue weighted by atomic mass is 9.93. The van der Waals surface area contributed by atoms with Gasteiger partial charge in [0.2, 0.25) is 0 Å². The fourth-order valence-electron chi connectivity index (χ4n) is 3.96. The molecular weight excluding hydrogens is 382 g/mol. The van der Waals surface area contributed by atoms with Crippen molar-refractivity contribution in [3.63, 3.8) is 0 Å². The van der Waals surface area contributed by atoms with E-state index in [-0.39, 0.29) is 18.3 Å². The zero-order chi connectivity index (χ0) is 19.8. The summed E-state index contributed by atoms with van der Waals surface area (Å²) in [4.78, 5) is 17.2. The molecule has 0 radical (unpaired) electrons. The standard InChI is InChI=1S/C24H33N3O.ClH/c1-3-26(19-21-7-5-4-6-8-21)23-11-9-22(10-12-23)24(28)27-17-14-20(15-18-27)13-16-25-2;/h4-12,20,25H,3,13-19H2,1-2H3;1H. The molecule has 0 saturated carbocycles. The summed E-state index contributed by atoms with van der Waals surface area (Å²) < 4.78 is 0. The molecular formula is C24H34ClN3O. The molecule has 0 unspecified atom stereocenters. The van der Waals surface area contributed by atoms with E-state index in [1.165, 1.54) is 12.0 Å². The van der Waals surface area contributed by atoms with Gasteiger partial charge in [-0.05, 0) is 75.5 Å². The molecule has 0 aromatic heterocycles. The zero-order valence-corrected chi connectivity index (χ0v) is 18.5. The molecule has 4 nitrogen and oxygen atoms in total. The predicted octanol–water partition coefficient (Wildman–Crippen LogP) is 4.60. The third kappa shape index (κ3) is 6.48. The van der Waals surface area contributed by atoms with E-state index in [1.54, 1.807) is 0 Å². The van der Waals surface area contributed by atoms with Gasteiger partial charge in [-0.25, -0.2) is 0 Å². The SMILES string of the molecule is CCN(Cc1ccccc1)c1ccc(C(=O)N2CCC(CCNC)CC2)cc1.Cl. The lowest BCUT2D eigenvalue weighted by Crippen LogP contribution is -2.39. The van der Waals surface area contributed by atoms with Gasteiger partial charge in [0.1, 0.15) is 0 Å². The topological polar surface area (TPSA) is 35.6 Å². The summed E-state index contributed by atoms with van der Waals surface area (Å²) in [5.74, 6) is 0.916. The van der Waals surface area contributed by atoms with Crippen LogP contribution in [0.25, 0.3) is 0 Å². The molecule has 1 fully saturated rings. The third-order valence-corrected chi connectivity index (χ3v) is 5.78. The summed E-state index contributed by atoms with van der Waals surface area (Å²) in [6, 6.07) is 18.6. The number of benzene rings is 2. The highest BCUT2D eigenvalue weighted by molar-refractivity contribution is 5.94. The Kier molecular flexibility index (Phi) is 9.49. The van der Waals surface area contributed by atoms with Gasteiger partial charge in [-0.3, -0.25) is 4.79 Å². The summed E-state index contributed by atoms with van der Waals surface area (Å²) in [7, 11) is 2.00. The van der Waals surface area contributed by atoms with Gasteiger partial charge in [0.05, 0.1) is 0 Å². The van der Waals surface area contributed by atoms with Crippen LogP contribution in [0.4, 0.5) is 5.69 Å². The van der Waals surface area contributed by atoms with Crippen molar-refractivity contribution in [2.24, 2.45) is 5.92 Å². The van der Waals surface area contributed by atoms with E-state index in [9.17, 15) is 4.79 Å². The largest absolute Gasteiger partial charge is 0.367 e. The van der Waals surface area contributed by atoms with E-state index < -0.39 is 0 Å². The molecule has 2 aromatic rings. The Balaban J connectivity index is 0.00000300. The normalized spacial score (nSPS) is 14.3. The maximum Gasteiger partial charge on any atom is 0.253 e. The van der Waals surface area contributed by atoms with Crippen LogP contribution in [0.2, 0.25) is 0 Å². The number of halogens is 1. The van der Waals surface area contributed by atoms with E-state index in [0.717, 1.165) is 62.7 Å². The number of anilines is 1. The van der Waals surface area contributed by atoms with Gasteiger partial charge in [-0.15, -0.1) is 12.4 Å². The second-order valence-electron chi connectivity index (χ2n) is 7.67. The van der Waals surface area contributed by atoms with E-state index in [0.29, 0.717) is 0 Å². The van der Waals surface area contributed by atoms with Crippen LogP contribution in [0.1, 0.15) is 42.1 Å². The van der Waals surface area contributed by atoms with Crippen LogP contribution in [-0.2, 0) is 6.54 Å². The molecule has 158 valence electrons. The summed E-state index contributed by atoms with van der Waals surface area (Å²) >= 11 is 0. The Hall–Kier alpha value is -2.04. The van der Waals surface area contributed by atoms with Gasteiger partial charge in [0, 0.05) is 37.4 Å². The summed E-state index contributed by atoms with van der Waals surface area (Å²) in [6.07, 6.45) is 3.44. The molecule has 0 bridgehead atoms. The van der Waals surface area contributed by atoms with Crippen molar-refractivity contribution in [2.45, 2.75) is 32.7 Å². The first-order chi connectivity index (χ1) is 13.7. The molecule has 5 heteroatoms. The van der Waals surface area contributed by atoms with Crippen molar-refractivity contribution in [2.75, 3.05) is 38.1 Å². The fourth-order valence-corrected chi connectivity index (χ4v) is 3.96. The Morgan fingerprint density at radius 3 is 2.31 bits per heavy atom. The molecule has 29 heavy (non-hydrogen) atoms. The highest BCUT2D eigenvalue weighted by Gasteiger charge is 2.23. The Morgan fingerprint density at radius 2 is 1.72 bits per heavy atom. The van der Waals surface area contributed by atoms with Gasteiger partial charge in [-0.2, -0.15) is 0 Å². The molecule has 1 N–H and O–H groups in total. The van der Waals surface area contributed by atoms with Gasteiger partial charge < -0.3 is 15.1 Å². The number of hydrogen-bond acceptors (Lipinski definition) is 3. The van der Waals surface area contributed by atoms with E-state index in [2.05, 4.69) is 53.5 Å². The number of nitrogens with zero attached hydrogens (tertiary/aromatic N) is 2. The van der Waals surface area contributed by atoms with E-state index in [4.69, 9.17) is 0 Å². The smallest absolute Gasteiger partial charge is 0.253 e. The van der Waals surface area contributed by atoms with Crippen LogP contribution in [0, 0.1) is 5.92 Å². The summed E-state index contributed by atoms with van der Waals surface area (Å²) in [5, 5.41) is 3.22. The minimum atomic E-state index is 0. The lowest BCUT2D eigenvalue weighted by Gasteiger charge is -2.32. The van der Waals surface area contributed by atoms with Crippen LogP contribution in [-0.4, -0.2) is 44.0 Å². The molecule has 1 heterocycles. The van der Waals surface area contributed by atoms with Gasteiger partial charge >= 0.3 is 0 Å². The number of nitrogens with one attached hydrogen (secondary N) is 1. The Labute approximate surface area is 181 Å². The first kappa shape index (κ1) is 23.2. The summed E-state index contributed by atoms with van der Waals surface area (Å²) in [5.41, 5.74) is 3.26. The summed E-state index contributed by atoms with van der Waals surface area (Å²) in [6.45, 7) is 6.80. The molecule has 0 spiro atoms. The maximum absolute atomic E-state index is 12.9. The molecule has 1 amide bonds. The van der Waals surface area contributed by atoms with E-state index >= 15 is 0 Å². The van der Waals surface area contributed by atoms with Crippen LogP contribution < -0.4 is 10.2 Å². The first-order valence-electron chi connectivity index (χ1n) is 10.5. The van der Waals surface area contributed by atoms with Gasteiger partial charge in [0.15, 0.2) is 0 Å². The Morgan fingerprint density at radius 1 is 1.07 bits per heavy atom. The third-order valence-electron chi connectivity index (χ3n) is 5.78. The highest BCUT2D eigenvalue weighted by atomic mass is 35.5. The van der Waals surface area contributed by atoms with Gasteiger partial charge in [0.25, 0.3) is 5.91 Å². The first-order valence-corrected chi connectivity index (χ1v) is 10.5. The Bertz CT molecular complexity index is 728. The number of carbonyl (C=O) groups excluding carboxylic acids is 1. The average Bonchev–Trinajstić information content (AvgIpc) is 2.77. The van der Waals surface area contributed by atoms with Crippen molar-refractivity contribution in [1.82, 2.24) is 10.2 Å². The van der Waals surface area contributed by atoms with Crippen molar-refractivity contribution in [3.8, 4) is 0 Å². The number of hydrogen-bond donors (Lipinski definition) is 1. The molecule has 0 aliphatic carbocycles. The predicted molar refractivity (Wildman–Crippen MR) is 124 cm³/mol.